The summed E-state index contributed by atoms with van der Waals surface area (Å²) in [4.78, 5) is 3.79. The van der Waals surface area contributed by atoms with Crippen LogP contribution in [0.1, 0.15) is 39.9 Å². The molecule has 13 heteroatoms. The molecule has 1 unspecified atom stereocenters. The lowest BCUT2D eigenvalue weighted by atomic mass is 9.84. The monoisotopic (exact) mass is 608 g/mol. The lowest BCUT2D eigenvalue weighted by Crippen LogP contribution is -2.48. The Hall–Kier alpha value is -5.22. The zero-order valence-corrected chi connectivity index (χ0v) is 22.6. The third-order valence-corrected chi connectivity index (χ3v) is 6.73. The van der Waals surface area contributed by atoms with Gasteiger partial charge in [-0.2, -0.15) is 8.78 Å². The molecule has 5 aromatic rings. The van der Waals surface area contributed by atoms with E-state index in [1.165, 1.54) is 18.2 Å². The van der Waals surface area contributed by atoms with Crippen LogP contribution in [0.5, 0.6) is 0 Å². The molecule has 224 valence electrons. The van der Waals surface area contributed by atoms with E-state index >= 15 is 8.78 Å². The second-order valence-corrected chi connectivity index (χ2v) is 9.72. The molecule has 2 heterocycles. The molecule has 0 amide bonds. The Morgan fingerprint density at radius 1 is 0.886 bits per heavy atom. The second kappa shape index (κ2) is 12.6. The van der Waals surface area contributed by atoms with Crippen molar-refractivity contribution in [3.63, 3.8) is 0 Å². The minimum Gasteiger partial charge on any atom is -0.381 e. The topological polar surface area (TPSA) is 88.8 Å². The quantitative estimate of drug-likeness (QED) is 0.158. The molecule has 1 atom stereocenters. The van der Waals surface area contributed by atoms with E-state index in [0.29, 0.717) is 29.4 Å². The Labute approximate surface area is 247 Å². The first-order valence-corrected chi connectivity index (χ1v) is 13.0. The van der Waals surface area contributed by atoms with Crippen LogP contribution in [0.2, 0.25) is 0 Å². The number of benzene rings is 3. The van der Waals surface area contributed by atoms with Gasteiger partial charge in [0.15, 0.2) is 5.60 Å². The highest BCUT2D eigenvalue weighted by Gasteiger charge is 2.58. The molecule has 2 aromatic heterocycles. The van der Waals surface area contributed by atoms with Gasteiger partial charge in [-0.15, -0.1) is 5.10 Å². The molecule has 2 N–H and O–H groups in total. The average Bonchev–Trinajstić information content (AvgIpc) is 3.52. The fraction of sp³-hybridized carbons (Fsp3) is 0.161. The molecule has 5 rings (SSSR count). The first-order valence-electron chi connectivity index (χ1n) is 13.0. The molecular weight excluding hydrogens is 586 g/mol. The number of nitrogens with zero attached hydrogens (tertiary/aromatic N) is 5. The zero-order valence-electron chi connectivity index (χ0n) is 22.6. The number of rotatable bonds is 9. The number of alkyl halides is 4. The van der Waals surface area contributed by atoms with Gasteiger partial charge in [-0.05, 0) is 64.5 Å². The van der Waals surface area contributed by atoms with Crippen LogP contribution in [-0.4, -0.2) is 30.3 Å². The number of hydrogen-bond donors (Lipinski definition) is 2. The first-order chi connectivity index (χ1) is 21.0. The molecule has 3 aromatic carbocycles. The van der Waals surface area contributed by atoms with Crippen molar-refractivity contribution in [1.82, 2.24) is 25.2 Å². The van der Waals surface area contributed by atoms with Crippen LogP contribution in [0.15, 0.2) is 91.4 Å². The van der Waals surface area contributed by atoms with Crippen LogP contribution in [0.25, 0.3) is 0 Å². The first kappa shape index (κ1) is 30.2. The summed E-state index contributed by atoms with van der Waals surface area (Å²) in [5.74, 6) is -0.840. The van der Waals surface area contributed by atoms with Gasteiger partial charge in [0.2, 0.25) is 0 Å². The van der Waals surface area contributed by atoms with Crippen LogP contribution in [0.3, 0.4) is 0 Å². The van der Waals surface area contributed by atoms with E-state index < -0.39 is 47.4 Å². The molecule has 7 nitrogen and oxygen atoms in total. The number of aromatic nitrogens is 5. The van der Waals surface area contributed by atoms with E-state index in [1.54, 1.807) is 24.3 Å². The van der Waals surface area contributed by atoms with Crippen molar-refractivity contribution >= 4 is 5.69 Å². The van der Waals surface area contributed by atoms with Gasteiger partial charge in [0.05, 0.1) is 6.54 Å². The normalized spacial score (nSPS) is 12.8. The minimum absolute atomic E-state index is 0.0557. The lowest BCUT2D eigenvalue weighted by molar-refractivity contribution is -0.207. The van der Waals surface area contributed by atoms with Crippen molar-refractivity contribution < 1.29 is 31.4 Å². The smallest absolute Gasteiger partial charge is 0.323 e. The van der Waals surface area contributed by atoms with Gasteiger partial charge in [0.1, 0.15) is 23.7 Å². The maximum absolute atomic E-state index is 15.9. The Bertz CT molecular complexity index is 1770. The second-order valence-electron chi connectivity index (χ2n) is 9.72. The van der Waals surface area contributed by atoms with Crippen LogP contribution in [-0.2, 0) is 24.6 Å². The summed E-state index contributed by atoms with van der Waals surface area (Å²) in [6, 6.07) is 17.2. The van der Waals surface area contributed by atoms with Gasteiger partial charge in [0.25, 0.3) is 6.43 Å². The number of anilines is 1. The SMILES string of the molecule is OC(Cn1cnnn1)(c1ccc(F)cc1F)C(F)(F)c1ccc(C#Cc2ccc(CNc3ccc(C(F)F)cc3)cc2)cn1. The van der Waals surface area contributed by atoms with E-state index in [4.69, 9.17) is 0 Å². The fourth-order valence-electron chi connectivity index (χ4n) is 4.33. The maximum atomic E-state index is 15.9. The fourth-order valence-corrected chi connectivity index (χ4v) is 4.33. The molecule has 0 spiro atoms. The van der Waals surface area contributed by atoms with Crippen molar-refractivity contribution in [3.05, 3.63) is 137 Å². The Morgan fingerprint density at radius 3 is 2.20 bits per heavy atom. The molecule has 0 aliphatic heterocycles. The van der Waals surface area contributed by atoms with Gasteiger partial charge in [-0.1, -0.05) is 36.1 Å². The van der Waals surface area contributed by atoms with Gasteiger partial charge < -0.3 is 10.4 Å². The molecule has 0 bridgehead atoms. The van der Waals surface area contributed by atoms with Crippen molar-refractivity contribution in [2.45, 2.75) is 31.0 Å². The van der Waals surface area contributed by atoms with Crippen molar-refractivity contribution in [2.24, 2.45) is 0 Å². The number of halogens is 6. The van der Waals surface area contributed by atoms with Crippen LogP contribution >= 0.6 is 0 Å². The number of tetrazole rings is 1. The van der Waals surface area contributed by atoms with E-state index in [1.807, 2.05) is 12.1 Å². The number of aliphatic hydroxyl groups is 1. The van der Waals surface area contributed by atoms with Crippen molar-refractivity contribution in [2.75, 3.05) is 5.32 Å². The number of pyridine rings is 1. The van der Waals surface area contributed by atoms with E-state index in [2.05, 4.69) is 37.7 Å². The highest BCUT2D eigenvalue weighted by molar-refractivity contribution is 5.47. The van der Waals surface area contributed by atoms with Crippen LogP contribution < -0.4 is 5.32 Å². The third-order valence-electron chi connectivity index (χ3n) is 6.73. The zero-order chi connectivity index (χ0) is 31.3. The summed E-state index contributed by atoms with van der Waals surface area (Å²) in [6.07, 6.45) is -0.472. The van der Waals surface area contributed by atoms with Crippen molar-refractivity contribution in [3.8, 4) is 11.8 Å². The molecule has 0 aliphatic rings. The molecule has 0 aliphatic carbocycles. The minimum atomic E-state index is -4.18. The highest BCUT2D eigenvalue weighted by atomic mass is 19.3. The molecule has 0 saturated carbocycles. The summed E-state index contributed by atoms with van der Waals surface area (Å²) in [7, 11) is 0. The van der Waals surface area contributed by atoms with Crippen LogP contribution in [0.4, 0.5) is 32.0 Å². The maximum Gasteiger partial charge on any atom is 0.323 e. The Kier molecular flexibility index (Phi) is 8.64. The molecular formula is C31H22F6N6O. The van der Waals surface area contributed by atoms with Gasteiger partial charge >= 0.3 is 5.92 Å². The Morgan fingerprint density at radius 2 is 1.59 bits per heavy atom. The number of nitrogens with one attached hydrogen (secondary N) is 1. The highest BCUT2D eigenvalue weighted by Crippen LogP contribution is 2.46. The lowest BCUT2D eigenvalue weighted by Gasteiger charge is -2.35. The van der Waals surface area contributed by atoms with Crippen LogP contribution in [0, 0.1) is 23.5 Å². The molecule has 0 fully saturated rings. The molecule has 0 saturated heterocycles. The predicted molar refractivity (Wildman–Crippen MR) is 147 cm³/mol. The summed E-state index contributed by atoms with van der Waals surface area (Å²) in [5.41, 5.74) is -2.53. The van der Waals surface area contributed by atoms with E-state index in [0.717, 1.165) is 41.0 Å². The Balaban J connectivity index is 1.30. The summed E-state index contributed by atoms with van der Waals surface area (Å²) < 4.78 is 86.2. The summed E-state index contributed by atoms with van der Waals surface area (Å²) in [6.45, 7) is -0.516. The molecule has 44 heavy (non-hydrogen) atoms. The van der Waals surface area contributed by atoms with Gasteiger partial charge in [0, 0.05) is 46.7 Å². The van der Waals surface area contributed by atoms with Gasteiger partial charge in [-0.3, -0.25) is 4.98 Å². The standard InChI is InChI=1S/C31H22F6N6O/c32-24-10-13-26(27(33)15-24)30(44,18-43-19-40-41-42-43)31(36,37)28-14-7-22(17-39-28)6-3-20-1-4-21(5-2-20)16-38-25-11-8-23(9-12-25)29(34)35/h1-2,4-5,7-15,17,19,29,38,44H,16,18H2. The number of hydrogen-bond acceptors (Lipinski definition) is 6. The summed E-state index contributed by atoms with van der Waals surface area (Å²) >= 11 is 0. The molecule has 0 radical (unpaired) electrons. The third kappa shape index (κ3) is 6.55. The van der Waals surface area contributed by atoms with Gasteiger partial charge in [-0.25, -0.2) is 22.2 Å². The largest absolute Gasteiger partial charge is 0.381 e. The summed E-state index contributed by atoms with van der Waals surface area (Å²) in [5, 5.41) is 24.6. The predicted octanol–water partition coefficient (Wildman–Crippen LogP) is 5.98. The van der Waals surface area contributed by atoms with E-state index in [9.17, 15) is 22.7 Å². The van der Waals surface area contributed by atoms with E-state index in [-0.39, 0.29) is 5.56 Å². The van der Waals surface area contributed by atoms with Crippen molar-refractivity contribution in [1.29, 1.82) is 0 Å². The average molecular weight is 609 g/mol.